The van der Waals surface area contributed by atoms with Crippen molar-refractivity contribution >= 4 is 27.3 Å². The Balaban J connectivity index is 0.000000360. The highest BCUT2D eigenvalue weighted by atomic mass is 32.2. The lowest BCUT2D eigenvalue weighted by molar-refractivity contribution is -0.192. The number of rotatable bonds is 4. The van der Waals surface area contributed by atoms with Gasteiger partial charge in [-0.1, -0.05) is 0 Å². The first kappa shape index (κ1) is 24.2. The number of hydrogen-bond acceptors (Lipinski definition) is 6. The maximum absolute atomic E-state index is 12.2. The highest BCUT2D eigenvalue weighted by Gasteiger charge is 2.38. The molecule has 2 aliphatic rings. The van der Waals surface area contributed by atoms with E-state index >= 15 is 0 Å². The number of sulfonamides is 1. The number of alkyl halides is 3. The van der Waals surface area contributed by atoms with E-state index < -0.39 is 22.2 Å². The number of carboxylic acids is 1. The van der Waals surface area contributed by atoms with E-state index in [-0.39, 0.29) is 11.7 Å². The Hall–Kier alpha value is -2.41. The van der Waals surface area contributed by atoms with E-state index in [2.05, 4.69) is 21.0 Å². The van der Waals surface area contributed by atoms with Crippen molar-refractivity contribution in [2.45, 2.75) is 44.7 Å². The largest absolute Gasteiger partial charge is 0.490 e. The van der Waals surface area contributed by atoms with E-state index in [1.807, 2.05) is 16.8 Å². The number of piperidine rings is 1. The smallest absolute Gasteiger partial charge is 0.475 e. The average molecular weight is 478 g/mol. The van der Waals surface area contributed by atoms with Crippen LogP contribution < -0.4 is 4.90 Å². The molecule has 0 bridgehead atoms. The summed E-state index contributed by atoms with van der Waals surface area (Å²) in [6.07, 6.45) is 1.24. The molecule has 0 radical (unpaired) electrons. The van der Waals surface area contributed by atoms with Crippen LogP contribution >= 0.6 is 0 Å². The summed E-state index contributed by atoms with van der Waals surface area (Å²) in [4.78, 5) is 15.9. The second kappa shape index (κ2) is 9.61. The van der Waals surface area contributed by atoms with Crippen molar-refractivity contribution < 1.29 is 31.5 Å². The van der Waals surface area contributed by atoms with Crippen molar-refractivity contribution in [3.05, 3.63) is 24.2 Å². The number of anilines is 1. The quantitative estimate of drug-likeness (QED) is 0.721. The first-order valence-electron chi connectivity index (χ1n) is 10.4. The lowest BCUT2D eigenvalue weighted by Gasteiger charge is -2.30. The molecule has 0 aliphatic carbocycles. The number of halogens is 3. The van der Waals surface area contributed by atoms with Gasteiger partial charge in [0.05, 0.1) is 17.6 Å². The third kappa shape index (κ3) is 5.68. The van der Waals surface area contributed by atoms with E-state index in [9.17, 15) is 21.6 Å². The van der Waals surface area contributed by atoms with Gasteiger partial charge in [-0.05, 0) is 44.7 Å². The van der Waals surface area contributed by atoms with Crippen LogP contribution in [0.2, 0.25) is 0 Å². The van der Waals surface area contributed by atoms with Crippen molar-refractivity contribution in [1.82, 2.24) is 18.9 Å². The van der Waals surface area contributed by atoms with Gasteiger partial charge in [0, 0.05) is 32.1 Å². The maximum Gasteiger partial charge on any atom is 0.490 e. The molecule has 1 atom stereocenters. The van der Waals surface area contributed by atoms with Gasteiger partial charge in [-0.25, -0.2) is 27.0 Å². The Morgan fingerprint density at radius 2 is 1.84 bits per heavy atom. The Kier molecular flexibility index (Phi) is 7.28. The molecular weight excluding hydrogens is 451 g/mol. The summed E-state index contributed by atoms with van der Waals surface area (Å²) < 4.78 is 59.5. The molecule has 2 aliphatic heterocycles. The van der Waals surface area contributed by atoms with Crippen molar-refractivity contribution in [3.8, 4) is 0 Å². The molecule has 1 N–H and O–H groups in total. The number of aliphatic carboxylic acids is 1. The van der Waals surface area contributed by atoms with Gasteiger partial charge in [-0.2, -0.15) is 18.3 Å². The first-order chi connectivity index (χ1) is 15.0. The third-order valence-corrected chi connectivity index (χ3v) is 7.40. The van der Waals surface area contributed by atoms with Gasteiger partial charge in [-0.15, -0.1) is 0 Å². The molecule has 178 valence electrons. The Bertz CT molecular complexity index is 1050. The number of fused-ring (bicyclic) bond motifs is 1. The Morgan fingerprint density at radius 3 is 2.44 bits per heavy atom. The van der Waals surface area contributed by atoms with Gasteiger partial charge in [0.25, 0.3) is 0 Å². The van der Waals surface area contributed by atoms with Crippen LogP contribution in [0.1, 0.15) is 44.3 Å². The molecule has 2 saturated heterocycles. The highest BCUT2D eigenvalue weighted by Crippen LogP contribution is 2.27. The van der Waals surface area contributed by atoms with Crippen LogP contribution in [-0.4, -0.2) is 76.5 Å². The minimum Gasteiger partial charge on any atom is -0.475 e. The lowest BCUT2D eigenvalue weighted by atomic mass is 9.99. The molecule has 4 heterocycles. The van der Waals surface area contributed by atoms with E-state index in [1.165, 1.54) is 18.5 Å². The molecule has 1 unspecified atom stereocenters. The molecule has 13 heteroatoms. The number of nitrogens with zero attached hydrogens (tertiary/aromatic N) is 5. The van der Waals surface area contributed by atoms with Crippen LogP contribution in [0.5, 0.6) is 0 Å². The Morgan fingerprint density at radius 1 is 1.19 bits per heavy atom. The molecular formula is C19H26F3N5O4S. The van der Waals surface area contributed by atoms with Gasteiger partial charge in [-0.3, -0.25) is 0 Å². The highest BCUT2D eigenvalue weighted by molar-refractivity contribution is 7.89. The zero-order valence-electron chi connectivity index (χ0n) is 17.6. The van der Waals surface area contributed by atoms with Crippen LogP contribution in [0.25, 0.3) is 5.65 Å². The minimum atomic E-state index is -5.08. The standard InChI is InChI=1S/C17H25N5O2S.C2HF3O2/c1-2-25(23,24)21-11-5-6-14(12-21)17-18-16-8-7-15(13-22(16)19-17)20-9-3-4-10-20;3-2(4,5)1(6)7/h7-8,13-14H,2-6,9-12H2,1H3;(H,6,7). The van der Waals surface area contributed by atoms with Crippen LogP contribution in [0.15, 0.2) is 18.3 Å². The van der Waals surface area contributed by atoms with Crippen LogP contribution in [0, 0.1) is 0 Å². The number of aromatic nitrogens is 3. The molecule has 2 fully saturated rings. The van der Waals surface area contributed by atoms with Crippen LogP contribution in [0.4, 0.5) is 18.9 Å². The summed E-state index contributed by atoms with van der Waals surface area (Å²) >= 11 is 0. The maximum atomic E-state index is 12.2. The molecule has 0 amide bonds. The zero-order valence-corrected chi connectivity index (χ0v) is 18.4. The summed E-state index contributed by atoms with van der Waals surface area (Å²) in [7, 11) is -3.15. The summed E-state index contributed by atoms with van der Waals surface area (Å²) in [6, 6.07) is 4.11. The van der Waals surface area contributed by atoms with E-state index in [0.717, 1.165) is 37.4 Å². The predicted octanol–water partition coefficient (Wildman–Crippen LogP) is 2.49. The number of hydrogen-bond donors (Lipinski definition) is 1. The van der Waals surface area contributed by atoms with Gasteiger partial charge in [0.15, 0.2) is 11.5 Å². The molecule has 2 aromatic rings. The molecule has 2 aromatic heterocycles. The summed E-state index contributed by atoms with van der Waals surface area (Å²) in [5.74, 6) is -1.77. The topological polar surface area (TPSA) is 108 Å². The van der Waals surface area contributed by atoms with Crippen molar-refractivity contribution in [3.63, 3.8) is 0 Å². The molecule has 4 rings (SSSR count). The second-order valence-corrected chi connectivity index (χ2v) is 10.0. The van der Waals surface area contributed by atoms with E-state index in [4.69, 9.17) is 9.90 Å². The summed E-state index contributed by atoms with van der Waals surface area (Å²) in [6.45, 7) is 4.99. The Labute approximate surface area is 183 Å². The van der Waals surface area contributed by atoms with Gasteiger partial charge < -0.3 is 10.0 Å². The molecule has 32 heavy (non-hydrogen) atoms. The number of carboxylic acid groups (broad SMARTS) is 1. The lowest BCUT2D eigenvalue weighted by Crippen LogP contribution is -2.40. The molecule has 0 spiro atoms. The fraction of sp³-hybridized carbons (Fsp3) is 0.632. The van der Waals surface area contributed by atoms with Gasteiger partial charge in [0.1, 0.15) is 0 Å². The van der Waals surface area contributed by atoms with Crippen LogP contribution in [0.3, 0.4) is 0 Å². The molecule has 0 aromatic carbocycles. The normalized spacial score (nSPS) is 20.2. The SMILES string of the molecule is CCS(=O)(=O)N1CCCC(c2nc3ccc(N4CCCC4)cn3n2)C1.O=C(O)C(F)(F)F. The van der Waals surface area contributed by atoms with Crippen molar-refractivity contribution in [1.29, 1.82) is 0 Å². The summed E-state index contributed by atoms with van der Waals surface area (Å²) in [5.41, 5.74) is 2.01. The van der Waals surface area contributed by atoms with Crippen molar-refractivity contribution in [2.75, 3.05) is 36.8 Å². The van der Waals surface area contributed by atoms with Gasteiger partial charge >= 0.3 is 12.1 Å². The number of carbonyl (C=O) groups is 1. The van der Waals surface area contributed by atoms with E-state index in [0.29, 0.717) is 13.1 Å². The second-order valence-electron chi connectivity index (χ2n) is 7.75. The summed E-state index contributed by atoms with van der Waals surface area (Å²) in [5, 5.41) is 11.8. The molecule has 9 nitrogen and oxygen atoms in total. The fourth-order valence-electron chi connectivity index (χ4n) is 3.81. The molecule has 0 saturated carbocycles. The minimum absolute atomic E-state index is 0.0743. The predicted molar refractivity (Wildman–Crippen MR) is 111 cm³/mol. The first-order valence-corrected chi connectivity index (χ1v) is 12.0. The number of pyridine rings is 1. The van der Waals surface area contributed by atoms with Crippen LogP contribution in [-0.2, 0) is 14.8 Å². The monoisotopic (exact) mass is 477 g/mol. The van der Waals surface area contributed by atoms with Crippen molar-refractivity contribution in [2.24, 2.45) is 0 Å². The van der Waals surface area contributed by atoms with Gasteiger partial charge in [0.2, 0.25) is 10.0 Å². The van der Waals surface area contributed by atoms with E-state index in [1.54, 1.807) is 11.2 Å². The fourth-order valence-corrected chi connectivity index (χ4v) is 4.99. The zero-order chi connectivity index (χ0) is 23.5. The average Bonchev–Trinajstić information content (AvgIpc) is 3.43. The third-order valence-electron chi connectivity index (χ3n) is 5.55.